The lowest BCUT2D eigenvalue weighted by molar-refractivity contribution is 0.152. The monoisotopic (exact) mass is 324 g/mol. The second-order valence-corrected chi connectivity index (χ2v) is 6.37. The maximum absolute atomic E-state index is 13.6. The highest BCUT2D eigenvalue weighted by atomic mass is 19.1. The lowest BCUT2D eigenvalue weighted by atomic mass is 10.0. The van der Waals surface area contributed by atoms with Crippen LogP contribution in [-0.4, -0.2) is 33.9 Å². The summed E-state index contributed by atoms with van der Waals surface area (Å²) < 4.78 is 15.7. The zero-order valence-corrected chi connectivity index (χ0v) is 13.7. The molecule has 0 radical (unpaired) electrons. The van der Waals surface area contributed by atoms with E-state index < -0.39 is 0 Å². The van der Waals surface area contributed by atoms with E-state index in [2.05, 4.69) is 33.8 Å². The highest BCUT2D eigenvalue weighted by Gasteiger charge is 2.24. The fourth-order valence-electron chi connectivity index (χ4n) is 3.46. The van der Waals surface area contributed by atoms with Crippen molar-refractivity contribution in [2.45, 2.75) is 19.5 Å². The normalized spacial score (nSPS) is 19.0. The van der Waals surface area contributed by atoms with Crippen molar-refractivity contribution < 1.29 is 4.39 Å². The summed E-state index contributed by atoms with van der Waals surface area (Å²) in [6, 6.07) is 13.2. The molecule has 5 heteroatoms. The van der Waals surface area contributed by atoms with Crippen molar-refractivity contribution in [3.05, 3.63) is 71.4 Å². The molecule has 1 saturated heterocycles. The number of piperazine rings is 1. The van der Waals surface area contributed by atoms with Crippen LogP contribution in [0.2, 0.25) is 0 Å². The Hall–Kier alpha value is -2.24. The van der Waals surface area contributed by atoms with Crippen LogP contribution in [0.1, 0.15) is 23.0 Å². The Kier molecular flexibility index (Phi) is 4.04. The van der Waals surface area contributed by atoms with Crippen molar-refractivity contribution in [1.29, 1.82) is 0 Å². The van der Waals surface area contributed by atoms with E-state index in [-0.39, 0.29) is 11.9 Å². The lowest BCUT2D eigenvalue weighted by Crippen LogP contribution is -2.45. The summed E-state index contributed by atoms with van der Waals surface area (Å²) in [5.74, 6) is -0.179. The van der Waals surface area contributed by atoms with E-state index in [0.717, 1.165) is 43.1 Å². The average molecular weight is 324 g/mol. The van der Waals surface area contributed by atoms with Gasteiger partial charge in [0.05, 0.1) is 5.69 Å². The van der Waals surface area contributed by atoms with Gasteiger partial charge in [0.1, 0.15) is 11.5 Å². The molecule has 124 valence electrons. The Labute approximate surface area is 140 Å². The minimum atomic E-state index is -0.179. The molecule has 1 fully saturated rings. The van der Waals surface area contributed by atoms with E-state index in [4.69, 9.17) is 4.98 Å². The van der Waals surface area contributed by atoms with Crippen molar-refractivity contribution in [1.82, 2.24) is 19.6 Å². The summed E-state index contributed by atoms with van der Waals surface area (Å²) in [6.45, 7) is 5.55. The van der Waals surface area contributed by atoms with Crippen molar-refractivity contribution in [2.24, 2.45) is 0 Å². The number of hydrogen-bond donors (Lipinski definition) is 1. The molecule has 1 aliphatic heterocycles. The molecular formula is C19H21FN4. The van der Waals surface area contributed by atoms with Gasteiger partial charge in [0, 0.05) is 44.1 Å². The number of hydrogen-bond acceptors (Lipinski definition) is 3. The predicted octanol–water partition coefficient (Wildman–Crippen LogP) is 2.93. The first-order chi connectivity index (χ1) is 11.7. The number of aryl methyl sites for hydroxylation is 1. The summed E-state index contributed by atoms with van der Waals surface area (Å²) >= 11 is 0. The third-order valence-corrected chi connectivity index (χ3v) is 4.70. The number of benzene rings is 1. The number of rotatable bonds is 3. The van der Waals surface area contributed by atoms with Gasteiger partial charge in [-0.15, -0.1) is 0 Å². The van der Waals surface area contributed by atoms with Crippen LogP contribution in [0.5, 0.6) is 0 Å². The van der Waals surface area contributed by atoms with E-state index in [1.54, 1.807) is 12.1 Å². The van der Waals surface area contributed by atoms with Crippen LogP contribution in [0.4, 0.5) is 4.39 Å². The van der Waals surface area contributed by atoms with Crippen LogP contribution in [0.3, 0.4) is 0 Å². The predicted molar refractivity (Wildman–Crippen MR) is 92.3 cm³/mol. The topological polar surface area (TPSA) is 32.6 Å². The second kappa shape index (κ2) is 6.34. The Balaban J connectivity index is 1.61. The van der Waals surface area contributed by atoms with Crippen molar-refractivity contribution in [3.63, 3.8) is 0 Å². The van der Waals surface area contributed by atoms with Crippen molar-refractivity contribution >= 4 is 5.65 Å². The number of imidazole rings is 1. The first-order valence-electron chi connectivity index (χ1n) is 8.34. The molecule has 1 aromatic carbocycles. The molecule has 1 atom stereocenters. The minimum Gasteiger partial charge on any atom is -0.314 e. The van der Waals surface area contributed by atoms with Gasteiger partial charge in [-0.3, -0.25) is 4.90 Å². The first kappa shape index (κ1) is 15.3. The molecule has 0 amide bonds. The minimum absolute atomic E-state index is 0.167. The number of halogens is 1. The second-order valence-electron chi connectivity index (χ2n) is 6.37. The molecule has 4 nitrogen and oxygen atoms in total. The van der Waals surface area contributed by atoms with Crippen LogP contribution in [0.15, 0.2) is 48.7 Å². The molecule has 1 aliphatic rings. The molecule has 3 aromatic rings. The van der Waals surface area contributed by atoms with Crippen LogP contribution in [0, 0.1) is 12.7 Å². The average Bonchev–Trinajstić information content (AvgIpc) is 2.99. The van der Waals surface area contributed by atoms with Gasteiger partial charge in [-0.05, 0) is 36.8 Å². The molecule has 1 unspecified atom stereocenters. The molecule has 3 heterocycles. The van der Waals surface area contributed by atoms with E-state index >= 15 is 0 Å². The third-order valence-electron chi connectivity index (χ3n) is 4.70. The van der Waals surface area contributed by atoms with Crippen LogP contribution in [0.25, 0.3) is 5.65 Å². The summed E-state index contributed by atoms with van der Waals surface area (Å²) in [7, 11) is 0. The largest absolute Gasteiger partial charge is 0.314 e. The van der Waals surface area contributed by atoms with E-state index in [0.29, 0.717) is 0 Å². The highest BCUT2D eigenvalue weighted by molar-refractivity contribution is 5.41. The van der Waals surface area contributed by atoms with Crippen molar-refractivity contribution in [2.75, 3.05) is 19.6 Å². The zero-order chi connectivity index (χ0) is 16.5. The molecule has 1 N–H and O–H groups in total. The molecule has 4 rings (SSSR count). The number of nitrogens with one attached hydrogen (secondary N) is 1. The van der Waals surface area contributed by atoms with Gasteiger partial charge >= 0.3 is 0 Å². The van der Waals surface area contributed by atoms with Gasteiger partial charge < -0.3 is 9.72 Å². The molecule has 2 aromatic heterocycles. The fourth-order valence-corrected chi connectivity index (χ4v) is 3.46. The highest BCUT2D eigenvalue weighted by Crippen LogP contribution is 2.24. The quantitative estimate of drug-likeness (QED) is 0.804. The smallest absolute Gasteiger partial charge is 0.137 e. The third kappa shape index (κ3) is 2.92. The van der Waals surface area contributed by atoms with Gasteiger partial charge in [0.15, 0.2) is 0 Å². The number of pyridine rings is 1. The first-order valence-corrected chi connectivity index (χ1v) is 8.34. The standard InChI is InChI=1S/C19H21FN4/c1-14-4-2-7-19-22-17(13-24(14)19)12-23-9-8-21-11-18(23)15-5-3-6-16(20)10-15/h2-7,10,13,18,21H,8-9,11-12H2,1H3. The van der Waals surface area contributed by atoms with Gasteiger partial charge in [-0.1, -0.05) is 18.2 Å². The van der Waals surface area contributed by atoms with Gasteiger partial charge in [-0.25, -0.2) is 9.37 Å². The van der Waals surface area contributed by atoms with Gasteiger partial charge in [-0.2, -0.15) is 0 Å². The fraction of sp³-hybridized carbons (Fsp3) is 0.316. The maximum atomic E-state index is 13.6. The lowest BCUT2D eigenvalue weighted by Gasteiger charge is -2.36. The Morgan fingerprint density at radius 1 is 1.25 bits per heavy atom. The molecule has 0 aliphatic carbocycles. The van der Waals surface area contributed by atoms with E-state index in [1.807, 2.05) is 18.2 Å². The van der Waals surface area contributed by atoms with Crippen molar-refractivity contribution in [3.8, 4) is 0 Å². The molecule has 0 spiro atoms. The SMILES string of the molecule is Cc1cccc2nc(CN3CCNCC3c3cccc(F)c3)cn12. The Bertz CT molecular complexity index is 857. The Morgan fingerprint density at radius 2 is 2.12 bits per heavy atom. The van der Waals surface area contributed by atoms with Crippen LogP contribution >= 0.6 is 0 Å². The zero-order valence-electron chi connectivity index (χ0n) is 13.7. The summed E-state index contributed by atoms with van der Waals surface area (Å²) in [5.41, 5.74) is 4.21. The van der Waals surface area contributed by atoms with Crippen LogP contribution in [-0.2, 0) is 6.54 Å². The van der Waals surface area contributed by atoms with E-state index in [1.165, 1.54) is 11.8 Å². The maximum Gasteiger partial charge on any atom is 0.137 e. The summed E-state index contributed by atoms with van der Waals surface area (Å²) in [5, 5.41) is 3.41. The van der Waals surface area contributed by atoms with Crippen LogP contribution < -0.4 is 5.32 Å². The number of aromatic nitrogens is 2. The molecule has 24 heavy (non-hydrogen) atoms. The number of nitrogens with zero attached hydrogens (tertiary/aromatic N) is 3. The summed E-state index contributed by atoms with van der Waals surface area (Å²) in [4.78, 5) is 7.12. The number of fused-ring (bicyclic) bond motifs is 1. The molecule has 0 bridgehead atoms. The molecular weight excluding hydrogens is 303 g/mol. The van der Waals surface area contributed by atoms with Gasteiger partial charge in [0.25, 0.3) is 0 Å². The Morgan fingerprint density at radius 3 is 2.96 bits per heavy atom. The van der Waals surface area contributed by atoms with E-state index in [9.17, 15) is 4.39 Å². The van der Waals surface area contributed by atoms with Gasteiger partial charge in [0.2, 0.25) is 0 Å². The summed E-state index contributed by atoms with van der Waals surface area (Å²) in [6.07, 6.45) is 2.11. The molecule has 0 saturated carbocycles.